The van der Waals surface area contributed by atoms with Gasteiger partial charge < -0.3 is 4.90 Å². The van der Waals surface area contributed by atoms with Gasteiger partial charge in [-0.15, -0.1) is 0 Å². The predicted octanol–water partition coefficient (Wildman–Crippen LogP) is 3.17. The molecule has 0 N–H and O–H groups in total. The molecule has 0 atom stereocenters. The Balaban J connectivity index is 2.47. The Bertz CT molecular complexity index is 632. The zero-order valence-corrected chi connectivity index (χ0v) is 10.6. The van der Waals surface area contributed by atoms with Gasteiger partial charge in [0.05, 0.1) is 0 Å². The number of hydrogen-bond acceptors (Lipinski definition) is 2. The molecule has 0 bridgehead atoms. The van der Waals surface area contributed by atoms with E-state index in [1.807, 2.05) is 0 Å². The molecule has 0 saturated heterocycles. The van der Waals surface area contributed by atoms with Gasteiger partial charge in [-0.1, -0.05) is 0 Å². The lowest BCUT2D eigenvalue weighted by Crippen LogP contribution is -2.32. The Morgan fingerprint density at radius 3 is 2.30 bits per heavy atom. The highest BCUT2D eigenvalue weighted by Crippen LogP contribution is 2.21. The fourth-order valence-electron chi connectivity index (χ4n) is 1.83. The van der Waals surface area contributed by atoms with Gasteiger partial charge in [0.25, 0.3) is 5.91 Å². The highest BCUT2D eigenvalue weighted by Gasteiger charge is 2.25. The van der Waals surface area contributed by atoms with E-state index < -0.39 is 28.9 Å². The molecule has 6 heteroatoms. The molecule has 0 spiro atoms. The second kappa shape index (κ2) is 5.73. The summed E-state index contributed by atoms with van der Waals surface area (Å²) >= 11 is 0. The van der Waals surface area contributed by atoms with Crippen molar-refractivity contribution >= 4 is 11.6 Å². The second-order valence-electron chi connectivity index (χ2n) is 3.97. The lowest BCUT2D eigenvalue weighted by atomic mass is 10.1. The van der Waals surface area contributed by atoms with Gasteiger partial charge >= 0.3 is 0 Å². The van der Waals surface area contributed by atoms with Crippen molar-refractivity contribution in [2.45, 2.75) is 6.92 Å². The van der Waals surface area contributed by atoms with E-state index in [-0.39, 0.29) is 6.54 Å². The fourth-order valence-corrected chi connectivity index (χ4v) is 1.83. The number of hydrogen-bond donors (Lipinski definition) is 0. The highest BCUT2D eigenvalue weighted by atomic mass is 19.2. The number of aromatic nitrogens is 1. The molecule has 20 heavy (non-hydrogen) atoms. The van der Waals surface area contributed by atoms with Crippen LogP contribution in [0.5, 0.6) is 0 Å². The van der Waals surface area contributed by atoms with Crippen LogP contribution in [0.1, 0.15) is 17.3 Å². The number of benzene rings is 1. The number of halogens is 3. The van der Waals surface area contributed by atoms with E-state index in [1.54, 1.807) is 6.92 Å². The van der Waals surface area contributed by atoms with Crippen molar-refractivity contribution in [3.8, 4) is 0 Å². The molecule has 2 rings (SSSR count). The molecular weight excluding hydrogens is 269 g/mol. The highest BCUT2D eigenvalue weighted by molar-refractivity contribution is 6.06. The molecule has 1 heterocycles. The Kier molecular flexibility index (Phi) is 4.02. The Morgan fingerprint density at radius 1 is 1.10 bits per heavy atom. The first kappa shape index (κ1) is 14.0. The smallest absolute Gasteiger partial charge is 0.264 e. The largest absolute Gasteiger partial charge is 0.308 e. The molecule has 2 aromatic rings. The number of carbonyl (C=O) groups is 1. The summed E-state index contributed by atoms with van der Waals surface area (Å²) < 4.78 is 40.4. The number of carbonyl (C=O) groups excluding carboxylic acids is 1. The summed E-state index contributed by atoms with van der Waals surface area (Å²) in [5, 5.41) is 0. The Hall–Kier alpha value is -2.37. The Labute approximate surface area is 113 Å². The summed E-state index contributed by atoms with van der Waals surface area (Å²) in [6.45, 7) is 1.83. The molecule has 0 radical (unpaired) electrons. The first-order chi connectivity index (χ1) is 9.56. The van der Waals surface area contributed by atoms with Crippen LogP contribution in [0.15, 0.2) is 36.7 Å². The van der Waals surface area contributed by atoms with Crippen LogP contribution < -0.4 is 4.90 Å². The molecule has 104 valence electrons. The van der Waals surface area contributed by atoms with E-state index in [1.165, 1.54) is 24.5 Å². The van der Waals surface area contributed by atoms with Gasteiger partial charge in [0.1, 0.15) is 11.4 Å². The summed E-state index contributed by atoms with van der Waals surface area (Å²) in [5.41, 5.74) is -0.473. The van der Waals surface area contributed by atoms with E-state index in [9.17, 15) is 18.0 Å². The molecule has 0 fully saturated rings. The minimum absolute atomic E-state index is 0.179. The number of amides is 1. The van der Waals surface area contributed by atoms with Crippen molar-refractivity contribution in [2.24, 2.45) is 0 Å². The third-order valence-corrected chi connectivity index (χ3v) is 2.79. The molecule has 1 aromatic heterocycles. The molecule has 0 aliphatic carbocycles. The maximum absolute atomic E-state index is 13.7. The topological polar surface area (TPSA) is 33.2 Å². The van der Waals surface area contributed by atoms with E-state index in [2.05, 4.69) is 4.98 Å². The molecule has 0 aliphatic heterocycles. The lowest BCUT2D eigenvalue weighted by Gasteiger charge is -2.21. The van der Waals surface area contributed by atoms with Gasteiger partial charge in [-0.25, -0.2) is 13.2 Å². The van der Waals surface area contributed by atoms with Crippen molar-refractivity contribution in [1.29, 1.82) is 0 Å². The third-order valence-electron chi connectivity index (χ3n) is 2.79. The molecule has 0 aliphatic rings. The lowest BCUT2D eigenvalue weighted by molar-refractivity contribution is 0.0979. The van der Waals surface area contributed by atoms with Gasteiger partial charge in [-0.05, 0) is 31.2 Å². The molecule has 1 aromatic carbocycles. The van der Waals surface area contributed by atoms with E-state index in [4.69, 9.17) is 0 Å². The average molecular weight is 280 g/mol. The molecule has 1 amide bonds. The van der Waals surface area contributed by atoms with Gasteiger partial charge in [-0.3, -0.25) is 9.78 Å². The maximum Gasteiger partial charge on any atom is 0.264 e. The van der Waals surface area contributed by atoms with Crippen LogP contribution in [-0.4, -0.2) is 17.4 Å². The average Bonchev–Trinajstić information content (AvgIpc) is 2.45. The minimum atomic E-state index is -1.48. The van der Waals surface area contributed by atoms with Crippen molar-refractivity contribution in [1.82, 2.24) is 4.98 Å². The van der Waals surface area contributed by atoms with Crippen molar-refractivity contribution < 1.29 is 18.0 Å². The predicted molar refractivity (Wildman–Crippen MR) is 67.9 cm³/mol. The third kappa shape index (κ3) is 2.49. The van der Waals surface area contributed by atoms with Crippen LogP contribution in [-0.2, 0) is 0 Å². The zero-order valence-electron chi connectivity index (χ0n) is 10.6. The second-order valence-corrected chi connectivity index (χ2v) is 3.97. The van der Waals surface area contributed by atoms with E-state index >= 15 is 0 Å². The minimum Gasteiger partial charge on any atom is -0.308 e. The standard InChI is InChI=1S/C14H11F3N2O/c1-2-19(9-5-7-18-8-6-9)14(20)12-10(15)3-4-11(16)13(12)17/h3-8H,2H2,1H3. The maximum atomic E-state index is 13.7. The van der Waals surface area contributed by atoms with Gasteiger partial charge in [0.15, 0.2) is 11.6 Å². The summed E-state index contributed by atoms with van der Waals surface area (Å²) in [4.78, 5) is 17.2. The van der Waals surface area contributed by atoms with Crippen LogP contribution in [0.25, 0.3) is 0 Å². The fraction of sp³-hybridized carbons (Fsp3) is 0.143. The van der Waals surface area contributed by atoms with Crippen molar-refractivity contribution in [2.75, 3.05) is 11.4 Å². The van der Waals surface area contributed by atoms with Crippen LogP contribution in [0.4, 0.5) is 18.9 Å². The van der Waals surface area contributed by atoms with Crippen LogP contribution in [0.3, 0.4) is 0 Å². The normalized spacial score (nSPS) is 10.4. The van der Waals surface area contributed by atoms with Crippen LogP contribution >= 0.6 is 0 Å². The van der Waals surface area contributed by atoms with Crippen molar-refractivity contribution in [3.05, 3.63) is 59.7 Å². The summed E-state index contributed by atoms with van der Waals surface area (Å²) in [6.07, 6.45) is 2.90. The van der Waals surface area contributed by atoms with Crippen LogP contribution in [0.2, 0.25) is 0 Å². The first-order valence-electron chi connectivity index (χ1n) is 5.91. The molecule has 0 saturated carbocycles. The quantitative estimate of drug-likeness (QED) is 0.809. The summed E-state index contributed by atoms with van der Waals surface area (Å²) in [5.74, 6) is -4.78. The van der Waals surface area contributed by atoms with Crippen LogP contribution in [0, 0.1) is 17.5 Å². The van der Waals surface area contributed by atoms with Crippen molar-refractivity contribution in [3.63, 3.8) is 0 Å². The number of rotatable bonds is 3. The molecule has 0 unspecified atom stereocenters. The number of pyridine rings is 1. The molecular formula is C14H11F3N2O. The SMILES string of the molecule is CCN(C(=O)c1c(F)ccc(F)c1F)c1ccncc1. The monoisotopic (exact) mass is 280 g/mol. The van der Waals surface area contributed by atoms with E-state index in [0.717, 1.165) is 11.0 Å². The van der Waals surface area contributed by atoms with E-state index in [0.29, 0.717) is 11.8 Å². The van der Waals surface area contributed by atoms with Gasteiger partial charge in [-0.2, -0.15) is 0 Å². The van der Waals surface area contributed by atoms with Gasteiger partial charge in [0, 0.05) is 24.6 Å². The number of nitrogens with zero attached hydrogens (tertiary/aromatic N) is 2. The first-order valence-corrected chi connectivity index (χ1v) is 5.91. The molecule has 3 nitrogen and oxygen atoms in total. The summed E-state index contributed by atoms with van der Waals surface area (Å²) in [6, 6.07) is 4.42. The summed E-state index contributed by atoms with van der Waals surface area (Å²) in [7, 11) is 0. The zero-order chi connectivity index (χ0) is 14.7. The number of anilines is 1. The van der Waals surface area contributed by atoms with Gasteiger partial charge in [0.2, 0.25) is 0 Å². The Morgan fingerprint density at radius 2 is 1.70 bits per heavy atom.